The highest BCUT2D eigenvalue weighted by Crippen LogP contribution is 2.23. The molecule has 5 heteroatoms. The first kappa shape index (κ1) is 15.1. The van der Waals surface area contributed by atoms with Crippen LogP contribution in [0.3, 0.4) is 0 Å². The molecule has 0 heterocycles. The summed E-state index contributed by atoms with van der Waals surface area (Å²) >= 11 is 5.83. The molecule has 4 nitrogen and oxygen atoms in total. The minimum absolute atomic E-state index is 0.0671. The molecular weight excluding hydrogens is 276 g/mol. The van der Waals surface area contributed by atoms with Crippen molar-refractivity contribution in [3.63, 3.8) is 0 Å². The van der Waals surface area contributed by atoms with Gasteiger partial charge in [-0.05, 0) is 31.0 Å². The number of nitrogen functional groups attached to an aromatic ring is 1. The molecule has 2 rings (SSSR count). The summed E-state index contributed by atoms with van der Waals surface area (Å²) in [6, 6.07) is 5.06. The molecule has 0 atom stereocenters. The van der Waals surface area contributed by atoms with Gasteiger partial charge in [-0.2, -0.15) is 0 Å². The van der Waals surface area contributed by atoms with Gasteiger partial charge in [0.1, 0.15) is 0 Å². The van der Waals surface area contributed by atoms with Gasteiger partial charge in [0.15, 0.2) is 0 Å². The third-order valence-electron chi connectivity index (χ3n) is 3.51. The highest BCUT2D eigenvalue weighted by Gasteiger charge is 2.14. The van der Waals surface area contributed by atoms with E-state index in [1.807, 2.05) is 0 Å². The number of anilines is 2. The fourth-order valence-corrected chi connectivity index (χ4v) is 2.51. The van der Waals surface area contributed by atoms with Gasteiger partial charge in [0.2, 0.25) is 5.91 Å². The highest BCUT2D eigenvalue weighted by atomic mass is 35.5. The normalized spacial score (nSPS) is 16.1. The predicted octanol–water partition coefficient (Wildman–Crippen LogP) is 3.60. The SMILES string of the molecule is Nc1cc(NC(=O)CCOC2CCCCC2)ccc1Cl. The zero-order valence-electron chi connectivity index (χ0n) is 11.5. The van der Waals surface area contributed by atoms with Gasteiger partial charge in [-0.15, -0.1) is 0 Å². The predicted molar refractivity (Wildman–Crippen MR) is 81.9 cm³/mol. The molecule has 0 unspecified atom stereocenters. The zero-order chi connectivity index (χ0) is 14.4. The Morgan fingerprint density at radius 3 is 2.80 bits per heavy atom. The number of nitrogens with two attached hydrogens (primary N) is 1. The molecule has 3 N–H and O–H groups in total. The van der Waals surface area contributed by atoms with Crippen molar-refractivity contribution >= 4 is 28.9 Å². The lowest BCUT2D eigenvalue weighted by Crippen LogP contribution is -2.20. The Labute approximate surface area is 124 Å². The van der Waals surface area contributed by atoms with Crippen LogP contribution in [0.1, 0.15) is 38.5 Å². The first-order chi connectivity index (χ1) is 9.65. The lowest BCUT2D eigenvalue weighted by atomic mass is 9.98. The summed E-state index contributed by atoms with van der Waals surface area (Å²) in [5.74, 6) is -0.0671. The number of halogens is 1. The topological polar surface area (TPSA) is 64.3 Å². The van der Waals surface area contributed by atoms with Gasteiger partial charge in [-0.1, -0.05) is 30.9 Å². The van der Waals surface area contributed by atoms with Crippen molar-refractivity contribution in [2.75, 3.05) is 17.7 Å². The van der Waals surface area contributed by atoms with Crippen molar-refractivity contribution in [3.8, 4) is 0 Å². The van der Waals surface area contributed by atoms with Crippen LogP contribution in [0, 0.1) is 0 Å². The number of carbonyl (C=O) groups excluding carboxylic acids is 1. The van der Waals surface area contributed by atoms with Crippen molar-refractivity contribution in [2.24, 2.45) is 0 Å². The van der Waals surface area contributed by atoms with Crippen LogP contribution in [0.4, 0.5) is 11.4 Å². The van der Waals surface area contributed by atoms with Crippen LogP contribution in [0.15, 0.2) is 18.2 Å². The molecule has 0 spiro atoms. The maximum atomic E-state index is 11.8. The van der Waals surface area contributed by atoms with Gasteiger partial charge >= 0.3 is 0 Å². The van der Waals surface area contributed by atoms with Crippen molar-refractivity contribution in [1.29, 1.82) is 0 Å². The third kappa shape index (κ3) is 4.69. The molecule has 1 fully saturated rings. The summed E-state index contributed by atoms with van der Waals surface area (Å²) in [5.41, 5.74) is 6.81. The van der Waals surface area contributed by atoms with E-state index in [0.717, 1.165) is 12.8 Å². The van der Waals surface area contributed by atoms with E-state index in [4.69, 9.17) is 22.1 Å². The zero-order valence-corrected chi connectivity index (χ0v) is 12.3. The molecule has 20 heavy (non-hydrogen) atoms. The van der Waals surface area contributed by atoms with Gasteiger partial charge < -0.3 is 15.8 Å². The van der Waals surface area contributed by atoms with E-state index in [1.165, 1.54) is 19.3 Å². The Hall–Kier alpha value is -1.26. The second-order valence-electron chi connectivity index (χ2n) is 5.17. The molecular formula is C15H21ClN2O2. The number of amides is 1. The molecule has 1 aromatic carbocycles. The van der Waals surface area contributed by atoms with E-state index < -0.39 is 0 Å². The van der Waals surface area contributed by atoms with Gasteiger partial charge in [0, 0.05) is 5.69 Å². The Balaban J connectivity index is 1.70. The fraction of sp³-hybridized carbons (Fsp3) is 0.533. The average Bonchev–Trinajstić information content (AvgIpc) is 2.44. The third-order valence-corrected chi connectivity index (χ3v) is 3.86. The second kappa shape index (κ2) is 7.50. The minimum Gasteiger partial charge on any atom is -0.397 e. The maximum Gasteiger partial charge on any atom is 0.226 e. The van der Waals surface area contributed by atoms with Crippen LogP contribution in [-0.2, 0) is 9.53 Å². The van der Waals surface area contributed by atoms with Crippen LogP contribution in [-0.4, -0.2) is 18.6 Å². The standard InChI is InChI=1S/C15H21ClN2O2/c16-13-7-6-11(10-14(13)17)18-15(19)8-9-20-12-4-2-1-3-5-12/h6-7,10,12H,1-5,8-9,17H2,(H,18,19). The van der Waals surface area contributed by atoms with Crippen LogP contribution >= 0.6 is 11.6 Å². The van der Waals surface area contributed by atoms with Gasteiger partial charge in [0.05, 0.1) is 29.8 Å². The Morgan fingerprint density at radius 1 is 1.35 bits per heavy atom. The quantitative estimate of drug-likeness (QED) is 0.816. The van der Waals surface area contributed by atoms with Gasteiger partial charge in [0.25, 0.3) is 0 Å². The van der Waals surface area contributed by atoms with E-state index in [2.05, 4.69) is 5.32 Å². The summed E-state index contributed by atoms with van der Waals surface area (Å²) in [4.78, 5) is 11.8. The molecule has 0 saturated heterocycles. The lowest BCUT2D eigenvalue weighted by Gasteiger charge is -2.21. The molecule has 0 radical (unpaired) electrons. The molecule has 1 saturated carbocycles. The molecule has 0 aliphatic heterocycles. The van der Waals surface area contributed by atoms with Crippen molar-refractivity contribution in [3.05, 3.63) is 23.2 Å². The number of nitrogens with one attached hydrogen (secondary N) is 1. The number of hydrogen-bond acceptors (Lipinski definition) is 3. The number of rotatable bonds is 5. The Bertz CT molecular complexity index is 459. The summed E-state index contributed by atoms with van der Waals surface area (Å²) in [5, 5.41) is 3.28. The second-order valence-corrected chi connectivity index (χ2v) is 5.57. The maximum absolute atomic E-state index is 11.8. The van der Waals surface area contributed by atoms with Gasteiger partial charge in [-0.25, -0.2) is 0 Å². The van der Waals surface area contributed by atoms with Crippen molar-refractivity contribution in [2.45, 2.75) is 44.6 Å². The molecule has 1 amide bonds. The monoisotopic (exact) mass is 296 g/mol. The number of ether oxygens (including phenoxy) is 1. The van der Waals surface area contributed by atoms with E-state index in [9.17, 15) is 4.79 Å². The number of carbonyl (C=O) groups is 1. The molecule has 0 aromatic heterocycles. The first-order valence-corrected chi connectivity index (χ1v) is 7.49. The van der Waals surface area contributed by atoms with E-state index in [-0.39, 0.29) is 5.91 Å². The smallest absolute Gasteiger partial charge is 0.226 e. The van der Waals surface area contributed by atoms with Crippen LogP contribution in [0.2, 0.25) is 5.02 Å². The van der Waals surface area contributed by atoms with Gasteiger partial charge in [-0.3, -0.25) is 4.79 Å². The minimum atomic E-state index is -0.0671. The molecule has 110 valence electrons. The lowest BCUT2D eigenvalue weighted by molar-refractivity contribution is -0.117. The largest absolute Gasteiger partial charge is 0.397 e. The highest BCUT2D eigenvalue weighted by molar-refractivity contribution is 6.33. The Morgan fingerprint density at radius 2 is 2.10 bits per heavy atom. The summed E-state index contributed by atoms with van der Waals surface area (Å²) in [7, 11) is 0. The van der Waals surface area contributed by atoms with Crippen LogP contribution < -0.4 is 11.1 Å². The van der Waals surface area contributed by atoms with E-state index in [0.29, 0.717) is 35.5 Å². The average molecular weight is 297 g/mol. The molecule has 0 bridgehead atoms. The van der Waals surface area contributed by atoms with E-state index >= 15 is 0 Å². The van der Waals surface area contributed by atoms with Crippen LogP contribution in [0.25, 0.3) is 0 Å². The van der Waals surface area contributed by atoms with Crippen molar-refractivity contribution in [1.82, 2.24) is 0 Å². The van der Waals surface area contributed by atoms with Crippen molar-refractivity contribution < 1.29 is 9.53 Å². The molecule has 1 aliphatic rings. The summed E-state index contributed by atoms with van der Waals surface area (Å²) in [6.45, 7) is 0.472. The van der Waals surface area contributed by atoms with Crippen LogP contribution in [0.5, 0.6) is 0 Å². The first-order valence-electron chi connectivity index (χ1n) is 7.11. The number of benzene rings is 1. The fourth-order valence-electron chi connectivity index (χ4n) is 2.40. The summed E-state index contributed by atoms with van der Waals surface area (Å²) < 4.78 is 5.73. The number of hydrogen-bond donors (Lipinski definition) is 2. The molecule has 1 aromatic rings. The van der Waals surface area contributed by atoms with E-state index in [1.54, 1.807) is 18.2 Å². The molecule has 1 aliphatic carbocycles. The summed E-state index contributed by atoms with van der Waals surface area (Å²) in [6.07, 6.45) is 6.71. The Kier molecular flexibility index (Phi) is 5.68.